The highest BCUT2D eigenvalue weighted by atomic mass is 16.5. The molecule has 3 aromatic carbocycles. The fraction of sp³-hybridized carbons (Fsp3) is 0.250. The predicted molar refractivity (Wildman–Crippen MR) is 91.7 cm³/mol. The van der Waals surface area contributed by atoms with Gasteiger partial charge in [-0.05, 0) is 72.0 Å². The zero-order chi connectivity index (χ0) is 16.0. The Balaban J connectivity index is 2.58. The van der Waals surface area contributed by atoms with Crippen molar-refractivity contribution < 1.29 is 9.53 Å². The Labute approximate surface area is 130 Å². The maximum atomic E-state index is 12.2. The van der Waals surface area contributed by atoms with Crippen molar-refractivity contribution in [2.75, 3.05) is 7.11 Å². The summed E-state index contributed by atoms with van der Waals surface area (Å²) in [5, 5.41) is 4.40. The lowest BCUT2D eigenvalue weighted by molar-refractivity contribution is 0.0603. The Morgan fingerprint density at radius 2 is 1.64 bits per heavy atom. The normalized spacial score (nSPS) is 11.1. The molecule has 0 aliphatic carbocycles. The minimum atomic E-state index is -0.284. The highest BCUT2D eigenvalue weighted by molar-refractivity contribution is 6.17. The van der Waals surface area contributed by atoms with Crippen molar-refractivity contribution in [3.63, 3.8) is 0 Å². The SMILES string of the molecule is COC(=O)c1cc2cc(C)c(C)c(C)c2c2ccc(C)cc12. The zero-order valence-electron chi connectivity index (χ0n) is 13.7. The minimum Gasteiger partial charge on any atom is -0.465 e. The third-order valence-corrected chi connectivity index (χ3v) is 4.63. The van der Waals surface area contributed by atoms with E-state index in [9.17, 15) is 4.79 Å². The number of esters is 1. The number of ether oxygens (including phenoxy) is 1. The predicted octanol–water partition coefficient (Wildman–Crippen LogP) is 5.01. The van der Waals surface area contributed by atoms with Gasteiger partial charge in [0.1, 0.15) is 0 Å². The molecule has 2 nitrogen and oxygen atoms in total. The molecule has 0 atom stereocenters. The van der Waals surface area contributed by atoms with E-state index in [1.807, 2.05) is 13.0 Å². The van der Waals surface area contributed by atoms with Gasteiger partial charge in [0.15, 0.2) is 0 Å². The molecular weight excluding hydrogens is 272 g/mol. The van der Waals surface area contributed by atoms with Crippen LogP contribution in [0.1, 0.15) is 32.6 Å². The fourth-order valence-corrected chi connectivity index (χ4v) is 3.20. The molecule has 0 N–H and O–H groups in total. The van der Waals surface area contributed by atoms with Crippen LogP contribution in [0.2, 0.25) is 0 Å². The first-order chi connectivity index (χ1) is 10.4. The first-order valence-corrected chi connectivity index (χ1v) is 7.46. The standard InChI is InChI=1S/C20H20O2/c1-11-6-7-16-17(8-11)18(20(21)22-5)10-15-9-12(2)13(3)14(4)19(15)16/h6-10H,1-5H3. The van der Waals surface area contributed by atoms with Gasteiger partial charge < -0.3 is 4.74 Å². The molecule has 0 aliphatic rings. The summed E-state index contributed by atoms with van der Waals surface area (Å²) in [6.45, 7) is 8.46. The summed E-state index contributed by atoms with van der Waals surface area (Å²) in [6.07, 6.45) is 0. The van der Waals surface area contributed by atoms with Crippen LogP contribution in [0.3, 0.4) is 0 Å². The molecule has 112 valence electrons. The lowest BCUT2D eigenvalue weighted by Crippen LogP contribution is -2.03. The molecule has 0 bridgehead atoms. The van der Waals surface area contributed by atoms with Crippen molar-refractivity contribution >= 4 is 27.5 Å². The van der Waals surface area contributed by atoms with Gasteiger partial charge in [0.2, 0.25) is 0 Å². The van der Waals surface area contributed by atoms with Crippen molar-refractivity contribution in [2.45, 2.75) is 27.7 Å². The summed E-state index contributed by atoms with van der Waals surface area (Å²) in [5.74, 6) is -0.284. The molecule has 0 unspecified atom stereocenters. The summed E-state index contributed by atoms with van der Waals surface area (Å²) in [7, 11) is 1.43. The largest absolute Gasteiger partial charge is 0.465 e. The Morgan fingerprint density at radius 1 is 0.909 bits per heavy atom. The van der Waals surface area contributed by atoms with E-state index in [-0.39, 0.29) is 5.97 Å². The van der Waals surface area contributed by atoms with E-state index >= 15 is 0 Å². The molecule has 0 radical (unpaired) electrons. The van der Waals surface area contributed by atoms with Gasteiger partial charge in [-0.1, -0.05) is 29.8 Å². The quantitative estimate of drug-likeness (QED) is 0.465. The summed E-state index contributed by atoms with van der Waals surface area (Å²) < 4.78 is 4.98. The van der Waals surface area contributed by atoms with Gasteiger partial charge in [0, 0.05) is 0 Å². The Bertz CT molecular complexity index is 920. The van der Waals surface area contributed by atoms with Gasteiger partial charge in [-0.15, -0.1) is 0 Å². The van der Waals surface area contributed by atoms with Crippen LogP contribution in [0.5, 0.6) is 0 Å². The molecule has 0 saturated carbocycles. The van der Waals surface area contributed by atoms with Crippen molar-refractivity contribution in [3.05, 3.63) is 58.1 Å². The van der Waals surface area contributed by atoms with Gasteiger partial charge in [-0.2, -0.15) is 0 Å². The molecule has 0 saturated heterocycles. The molecular formula is C20H20O2. The van der Waals surface area contributed by atoms with E-state index < -0.39 is 0 Å². The third kappa shape index (κ3) is 2.07. The lowest BCUT2D eigenvalue weighted by atomic mass is 9.90. The Hall–Kier alpha value is -2.35. The van der Waals surface area contributed by atoms with E-state index in [4.69, 9.17) is 4.74 Å². The highest BCUT2D eigenvalue weighted by Crippen LogP contribution is 2.34. The number of rotatable bonds is 1. The molecule has 0 heterocycles. The van der Waals surface area contributed by atoms with Gasteiger partial charge in [-0.25, -0.2) is 4.79 Å². The molecule has 2 heteroatoms. The van der Waals surface area contributed by atoms with E-state index in [2.05, 4.69) is 45.0 Å². The van der Waals surface area contributed by atoms with E-state index in [0.717, 1.165) is 21.7 Å². The number of hydrogen-bond acceptors (Lipinski definition) is 2. The van der Waals surface area contributed by atoms with Crippen LogP contribution >= 0.6 is 0 Å². The molecule has 0 aromatic heterocycles. The van der Waals surface area contributed by atoms with Gasteiger partial charge in [0.05, 0.1) is 12.7 Å². The minimum absolute atomic E-state index is 0.284. The van der Waals surface area contributed by atoms with Crippen LogP contribution in [0.4, 0.5) is 0 Å². The fourth-order valence-electron chi connectivity index (χ4n) is 3.20. The van der Waals surface area contributed by atoms with E-state index in [0.29, 0.717) is 5.56 Å². The van der Waals surface area contributed by atoms with E-state index in [1.54, 1.807) is 0 Å². The zero-order valence-corrected chi connectivity index (χ0v) is 13.7. The number of carbonyl (C=O) groups excluding carboxylic acids is 1. The van der Waals surface area contributed by atoms with Crippen molar-refractivity contribution in [3.8, 4) is 0 Å². The van der Waals surface area contributed by atoms with Gasteiger partial charge in [0.25, 0.3) is 0 Å². The second-order valence-electron chi connectivity index (χ2n) is 6.01. The molecule has 0 aliphatic heterocycles. The van der Waals surface area contributed by atoms with Crippen molar-refractivity contribution in [1.82, 2.24) is 0 Å². The van der Waals surface area contributed by atoms with Crippen LogP contribution < -0.4 is 0 Å². The maximum Gasteiger partial charge on any atom is 0.338 e. The Morgan fingerprint density at radius 3 is 2.32 bits per heavy atom. The number of methoxy groups -OCH3 is 1. The number of carbonyl (C=O) groups is 1. The van der Waals surface area contributed by atoms with E-state index in [1.165, 1.54) is 29.2 Å². The second kappa shape index (κ2) is 5.13. The third-order valence-electron chi connectivity index (χ3n) is 4.63. The number of benzene rings is 3. The maximum absolute atomic E-state index is 12.2. The average Bonchev–Trinajstić information content (AvgIpc) is 2.50. The number of aryl methyl sites for hydroxylation is 3. The smallest absolute Gasteiger partial charge is 0.338 e. The molecule has 22 heavy (non-hydrogen) atoms. The summed E-state index contributed by atoms with van der Waals surface area (Å²) >= 11 is 0. The first-order valence-electron chi connectivity index (χ1n) is 7.46. The summed E-state index contributed by atoms with van der Waals surface area (Å²) in [4.78, 5) is 12.2. The molecule has 3 rings (SSSR count). The second-order valence-corrected chi connectivity index (χ2v) is 6.01. The molecule has 0 amide bonds. The number of fused-ring (bicyclic) bond motifs is 3. The first kappa shape index (κ1) is 14.6. The van der Waals surface area contributed by atoms with Crippen LogP contribution in [-0.2, 0) is 4.74 Å². The van der Waals surface area contributed by atoms with Gasteiger partial charge in [-0.3, -0.25) is 0 Å². The molecule has 0 spiro atoms. The summed E-state index contributed by atoms with van der Waals surface area (Å²) in [5.41, 5.74) is 5.60. The van der Waals surface area contributed by atoms with Crippen molar-refractivity contribution in [2.24, 2.45) is 0 Å². The lowest BCUT2D eigenvalue weighted by Gasteiger charge is -2.15. The number of hydrogen-bond donors (Lipinski definition) is 0. The van der Waals surface area contributed by atoms with Gasteiger partial charge >= 0.3 is 5.97 Å². The van der Waals surface area contributed by atoms with Crippen LogP contribution in [0.25, 0.3) is 21.5 Å². The monoisotopic (exact) mass is 292 g/mol. The topological polar surface area (TPSA) is 26.3 Å². The highest BCUT2D eigenvalue weighted by Gasteiger charge is 2.16. The van der Waals surface area contributed by atoms with Crippen LogP contribution in [0.15, 0.2) is 30.3 Å². The Kier molecular flexibility index (Phi) is 3.40. The van der Waals surface area contributed by atoms with Crippen molar-refractivity contribution in [1.29, 1.82) is 0 Å². The summed E-state index contributed by atoms with van der Waals surface area (Å²) in [6, 6.07) is 10.4. The molecule has 3 aromatic rings. The average molecular weight is 292 g/mol. The van der Waals surface area contributed by atoms with Crippen LogP contribution in [0, 0.1) is 27.7 Å². The molecule has 0 fully saturated rings. The van der Waals surface area contributed by atoms with Crippen LogP contribution in [-0.4, -0.2) is 13.1 Å².